The van der Waals surface area contributed by atoms with Gasteiger partial charge in [-0.15, -0.1) is 11.3 Å². The Morgan fingerprint density at radius 2 is 2.12 bits per heavy atom. The molecule has 1 aromatic carbocycles. The highest BCUT2D eigenvalue weighted by Crippen LogP contribution is 2.30. The van der Waals surface area contributed by atoms with Gasteiger partial charge in [0.2, 0.25) is 0 Å². The van der Waals surface area contributed by atoms with Crippen molar-refractivity contribution in [3.63, 3.8) is 0 Å². The number of nitrogens with zero attached hydrogens (tertiary/aromatic N) is 3. The number of benzene rings is 1. The van der Waals surface area contributed by atoms with Crippen molar-refractivity contribution >= 4 is 45.7 Å². The largest absolute Gasteiger partial charge is 0.296 e. The molecule has 0 atom stereocenters. The van der Waals surface area contributed by atoms with Gasteiger partial charge in [-0.05, 0) is 42.7 Å². The highest BCUT2D eigenvalue weighted by molar-refractivity contribution is 7.98. The minimum Gasteiger partial charge on any atom is -0.296 e. The molecule has 0 unspecified atom stereocenters. The van der Waals surface area contributed by atoms with Gasteiger partial charge in [-0.3, -0.25) is 10.1 Å². The summed E-state index contributed by atoms with van der Waals surface area (Å²) in [6, 6.07) is 6.48. The Morgan fingerprint density at radius 3 is 2.96 bits per heavy atom. The average Bonchev–Trinajstić information content (AvgIpc) is 3.30. The summed E-state index contributed by atoms with van der Waals surface area (Å²) in [4.78, 5) is 25.2. The number of hydrogen-bond acceptors (Lipinski definition) is 6. The van der Waals surface area contributed by atoms with Gasteiger partial charge in [-0.1, -0.05) is 35.5 Å². The van der Waals surface area contributed by atoms with E-state index < -0.39 is 0 Å². The van der Waals surface area contributed by atoms with Crippen LogP contribution in [0.2, 0.25) is 5.02 Å². The normalized spacial score (nSPS) is 12.8. The van der Waals surface area contributed by atoms with E-state index in [1.165, 1.54) is 46.8 Å². The molecule has 1 N–H and O–H groups in total. The van der Waals surface area contributed by atoms with Crippen molar-refractivity contribution < 1.29 is 4.79 Å². The fourth-order valence-electron chi connectivity index (χ4n) is 2.96. The second-order valence-corrected chi connectivity index (χ2v) is 7.92. The van der Waals surface area contributed by atoms with E-state index >= 15 is 0 Å². The third kappa shape index (κ3) is 3.47. The fraction of sp³-hybridized carbons (Fsp3) is 0.222. The Bertz CT molecular complexity index is 989. The van der Waals surface area contributed by atoms with Crippen LogP contribution in [-0.4, -0.2) is 27.1 Å². The van der Waals surface area contributed by atoms with Gasteiger partial charge in [-0.25, -0.2) is 15.0 Å². The molecular weight excluding hydrogens is 388 g/mol. The van der Waals surface area contributed by atoms with Gasteiger partial charge in [0.05, 0.1) is 16.9 Å². The van der Waals surface area contributed by atoms with E-state index in [0.717, 1.165) is 24.1 Å². The molecule has 0 fully saturated rings. The summed E-state index contributed by atoms with van der Waals surface area (Å²) in [6.45, 7) is 0. The number of carbonyl (C=O) groups excluding carboxylic acids is 1. The van der Waals surface area contributed by atoms with E-state index in [0.29, 0.717) is 10.3 Å². The van der Waals surface area contributed by atoms with Gasteiger partial charge in [0, 0.05) is 10.9 Å². The van der Waals surface area contributed by atoms with Gasteiger partial charge >= 0.3 is 0 Å². The molecule has 0 radical (unpaired) electrons. The number of aryl methyl sites for hydroxylation is 2. The van der Waals surface area contributed by atoms with Crippen LogP contribution >= 0.6 is 34.7 Å². The van der Waals surface area contributed by atoms with Crippen molar-refractivity contribution in [3.05, 3.63) is 51.6 Å². The molecule has 2 heterocycles. The number of nitrogens with one attached hydrogen (secondary N) is 1. The quantitative estimate of drug-likeness (QED) is 0.505. The van der Waals surface area contributed by atoms with Crippen molar-refractivity contribution in [2.45, 2.75) is 24.4 Å². The van der Waals surface area contributed by atoms with Crippen LogP contribution in [0, 0.1) is 0 Å². The Kier molecular flexibility index (Phi) is 4.93. The summed E-state index contributed by atoms with van der Waals surface area (Å²) < 4.78 is 0. The zero-order valence-electron chi connectivity index (χ0n) is 14.0. The number of anilines is 1. The molecule has 2 aromatic heterocycles. The third-order valence-electron chi connectivity index (χ3n) is 4.24. The SMILES string of the molecule is CSc1ncc(Cl)c(C(=O)Nc2nc(-c3ccc4c(c3)CCC4)cs2)n1. The van der Waals surface area contributed by atoms with Crippen molar-refractivity contribution in [3.8, 4) is 11.3 Å². The predicted molar refractivity (Wildman–Crippen MR) is 106 cm³/mol. The number of halogens is 1. The van der Waals surface area contributed by atoms with Gasteiger partial charge < -0.3 is 0 Å². The van der Waals surface area contributed by atoms with E-state index in [2.05, 4.69) is 38.5 Å². The van der Waals surface area contributed by atoms with E-state index in [9.17, 15) is 4.79 Å². The van der Waals surface area contributed by atoms with Crippen LogP contribution < -0.4 is 5.32 Å². The van der Waals surface area contributed by atoms with Crippen LogP contribution in [0.15, 0.2) is 34.9 Å². The lowest BCUT2D eigenvalue weighted by Crippen LogP contribution is -2.15. The molecule has 0 aliphatic heterocycles. The highest BCUT2D eigenvalue weighted by Gasteiger charge is 2.17. The molecule has 5 nitrogen and oxygen atoms in total. The van der Waals surface area contributed by atoms with Crippen molar-refractivity contribution in [1.82, 2.24) is 15.0 Å². The second kappa shape index (κ2) is 7.34. The molecule has 1 aliphatic rings. The maximum absolute atomic E-state index is 12.5. The lowest BCUT2D eigenvalue weighted by molar-refractivity contribution is 0.102. The van der Waals surface area contributed by atoms with Crippen LogP contribution in [-0.2, 0) is 12.8 Å². The Morgan fingerprint density at radius 1 is 1.27 bits per heavy atom. The molecule has 8 heteroatoms. The number of fused-ring (bicyclic) bond motifs is 1. The lowest BCUT2D eigenvalue weighted by atomic mass is 10.1. The van der Waals surface area contributed by atoms with Gasteiger partial charge in [0.15, 0.2) is 16.0 Å². The van der Waals surface area contributed by atoms with Crippen molar-refractivity contribution in [2.24, 2.45) is 0 Å². The average molecular weight is 403 g/mol. The molecular formula is C18H15ClN4OS2. The molecule has 3 aromatic rings. The van der Waals surface area contributed by atoms with Crippen LogP contribution in [0.3, 0.4) is 0 Å². The van der Waals surface area contributed by atoms with E-state index in [1.54, 1.807) is 0 Å². The van der Waals surface area contributed by atoms with E-state index in [-0.39, 0.29) is 16.6 Å². The fourth-order valence-corrected chi connectivity index (χ4v) is 4.19. The summed E-state index contributed by atoms with van der Waals surface area (Å²) in [5.41, 5.74) is 4.92. The molecule has 132 valence electrons. The van der Waals surface area contributed by atoms with Crippen LogP contribution in [0.5, 0.6) is 0 Å². The first-order chi connectivity index (χ1) is 12.6. The smallest absolute Gasteiger partial charge is 0.277 e. The maximum Gasteiger partial charge on any atom is 0.277 e. The van der Waals surface area contributed by atoms with Crippen molar-refractivity contribution in [1.29, 1.82) is 0 Å². The standard InChI is InChI=1S/C18H15ClN4OS2/c1-25-17-20-8-13(19)15(22-17)16(24)23-18-21-14(9-26-18)12-6-5-10-3-2-4-11(10)7-12/h5-9H,2-4H2,1H3,(H,21,23,24). The number of aromatic nitrogens is 3. The molecule has 1 amide bonds. The minimum atomic E-state index is -0.387. The number of carbonyl (C=O) groups is 1. The zero-order valence-corrected chi connectivity index (χ0v) is 16.3. The van der Waals surface area contributed by atoms with Crippen LogP contribution in [0.1, 0.15) is 28.0 Å². The molecule has 4 rings (SSSR count). The monoisotopic (exact) mass is 402 g/mol. The van der Waals surface area contributed by atoms with Gasteiger partial charge in [0.1, 0.15) is 0 Å². The Labute approximate surface area is 164 Å². The first-order valence-corrected chi connectivity index (χ1v) is 10.6. The Balaban J connectivity index is 1.54. The second-order valence-electron chi connectivity index (χ2n) is 5.88. The number of amides is 1. The molecule has 0 bridgehead atoms. The summed E-state index contributed by atoms with van der Waals surface area (Å²) >= 11 is 8.79. The zero-order chi connectivity index (χ0) is 18.1. The summed E-state index contributed by atoms with van der Waals surface area (Å²) in [5.74, 6) is -0.387. The summed E-state index contributed by atoms with van der Waals surface area (Å²) in [6.07, 6.45) is 6.78. The third-order valence-corrected chi connectivity index (χ3v) is 5.83. The number of thioether (sulfide) groups is 1. The molecule has 0 spiro atoms. The first-order valence-electron chi connectivity index (χ1n) is 8.09. The number of rotatable bonds is 4. The molecule has 26 heavy (non-hydrogen) atoms. The predicted octanol–water partition coefficient (Wildman–Crippen LogP) is 4.72. The number of hydrogen-bond donors (Lipinski definition) is 1. The maximum atomic E-state index is 12.5. The molecule has 0 saturated carbocycles. The number of thiazole rings is 1. The summed E-state index contributed by atoms with van der Waals surface area (Å²) in [7, 11) is 0. The summed E-state index contributed by atoms with van der Waals surface area (Å²) in [5, 5.41) is 5.96. The van der Waals surface area contributed by atoms with E-state index in [4.69, 9.17) is 11.6 Å². The van der Waals surface area contributed by atoms with Gasteiger partial charge in [-0.2, -0.15) is 0 Å². The Hall–Kier alpha value is -1.96. The van der Waals surface area contributed by atoms with Crippen molar-refractivity contribution in [2.75, 3.05) is 11.6 Å². The highest BCUT2D eigenvalue weighted by atomic mass is 35.5. The van der Waals surface area contributed by atoms with E-state index in [1.807, 2.05) is 11.6 Å². The molecule has 1 aliphatic carbocycles. The van der Waals surface area contributed by atoms with Crippen LogP contribution in [0.4, 0.5) is 5.13 Å². The lowest BCUT2D eigenvalue weighted by Gasteiger charge is -2.04. The minimum absolute atomic E-state index is 0.153. The first kappa shape index (κ1) is 17.5. The van der Waals surface area contributed by atoms with Crippen LogP contribution in [0.25, 0.3) is 11.3 Å². The molecule has 0 saturated heterocycles. The topological polar surface area (TPSA) is 67.8 Å². The van der Waals surface area contributed by atoms with Gasteiger partial charge in [0.25, 0.3) is 5.91 Å².